The van der Waals surface area contributed by atoms with Crippen molar-refractivity contribution in [3.63, 3.8) is 0 Å². The molecule has 0 aromatic heterocycles. The average molecular weight is 1550 g/mol. The number of esters is 4. The van der Waals surface area contributed by atoms with Crippen LogP contribution < -0.4 is 0 Å². The molecule has 0 spiro atoms. The van der Waals surface area contributed by atoms with Crippen LogP contribution in [0.15, 0.2) is 0 Å². The van der Waals surface area contributed by atoms with E-state index in [0.717, 1.165) is 108 Å². The van der Waals surface area contributed by atoms with Gasteiger partial charge < -0.3 is 33.8 Å². The lowest BCUT2D eigenvalue weighted by Gasteiger charge is -2.21. The molecule has 0 aliphatic carbocycles. The largest absolute Gasteiger partial charge is 0.472 e. The lowest BCUT2D eigenvalue weighted by Crippen LogP contribution is -2.30. The SMILES string of the molecule is CCCCCCCCCCCCCCC(=O)OC[C@H](COP(=O)(O)OC[C@H](O)COP(=O)(O)OC[C@@H](COC(=O)CCCCCCCCCCCCCCCCC(C)CC)OC(=O)CCCCCCCCCCCCCCCCC(C)CC)OC(=O)CCCCCCCCCCCCCCCCC(C)CC. The van der Waals surface area contributed by atoms with E-state index in [0.29, 0.717) is 25.7 Å². The second kappa shape index (κ2) is 77.0. The Balaban J connectivity index is 5.27. The lowest BCUT2D eigenvalue weighted by molar-refractivity contribution is -0.161. The highest BCUT2D eigenvalue weighted by molar-refractivity contribution is 7.47. The van der Waals surface area contributed by atoms with Crippen LogP contribution in [0.25, 0.3) is 0 Å². The summed E-state index contributed by atoms with van der Waals surface area (Å²) in [5.74, 6) is 0.441. The Morgan fingerprint density at radius 2 is 0.453 bits per heavy atom. The van der Waals surface area contributed by atoms with Gasteiger partial charge in [0.2, 0.25) is 0 Å². The van der Waals surface area contributed by atoms with Crippen molar-refractivity contribution in [2.75, 3.05) is 39.6 Å². The second-order valence-electron chi connectivity index (χ2n) is 32.0. The minimum Gasteiger partial charge on any atom is -0.462 e. The molecule has 0 aromatic carbocycles. The summed E-state index contributed by atoms with van der Waals surface area (Å²) in [5, 5.41) is 10.7. The molecule has 106 heavy (non-hydrogen) atoms. The topological polar surface area (TPSA) is 237 Å². The molecule has 0 saturated heterocycles. The quantitative estimate of drug-likeness (QED) is 0.0222. The Labute approximate surface area is 651 Å². The molecule has 0 heterocycles. The highest BCUT2D eigenvalue weighted by atomic mass is 31.2. The van der Waals surface area contributed by atoms with Crippen molar-refractivity contribution in [3.05, 3.63) is 0 Å². The summed E-state index contributed by atoms with van der Waals surface area (Å²) in [6.07, 6.45) is 67.6. The van der Waals surface area contributed by atoms with Crippen molar-refractivity contribution in [2.24, 2.45) is 17.8 Å². The Kier molecular flexibility index (Phi) is 75.6. The number of phosphoric acid groups is 2. The molecule has 19 heteroatoms. The molecule has 0 amide bonds. The summed E-state index contributed by atoms with van der Waals surface area (Å²) in [6, 6.07) is 0. The van der Waals surface area contributed by atoms with Crippen molar-refractivity contribution in [3.8, 4) is 0 Å². The van der Waals surface area contributed by atoms with Gasteiger partial charge in [0, 0.05) is 25.7 Å². The normalized spacial score (nSPS) is 14.6. The van der Waals surface area contributed by atoms with Crippen LogP contribution in [0.2, 0.25) is 0 Å². The van der Waals surface area contributed by atoms with Gasteiger partial charge in [-0.1, -0.05) is 408 Å². The van der Waals surface area contributed by atoms with Crippen molar-refractivity contribution in [1.29, 1.82) is 0 Å². The van der Waals surface area contributed by atoms with Crippen LogP contribution in [0.5, 0.6) is 0 Å². The van der Waals surface area contributed by atoms with Crippen LogP contribution in [0.1, 0.15) is 459 Å². The van der Waals surface area contributed by atoms with Crippen LogP contribution in [-0.4, -0.2) is 96.7 Å². The van der Waals surface area contributed by atoms with Crippen LogP contribution in [0.3, 0.4) is 0 Å². The van der Waals surface area contributed by atoms with Crippen molar-refractivity contribution in [1.82, 2.24) is 0 Å². The van der Waals surface area contributed by atoms with Gasteiger partial charge in [-0.05, 0) is 43.4 Å². The van der Waals surface area contributed by atoms with E-state index in [1.807, 2.05) is 0 Å². The van der Waals surface area contributed by atoms with Gasteiger partial charge in [-0.2, -0.15) is 0 Å². The molecule has 0 fully saturated rings. The summed E-state index contributed by atoms with van der Waals surface area (Å²) in [5.41, 5.74) is 0. The maximum absolute atomic E-state index is 13.2. The maximum atomic E-state index is 13.2. The lowest BCUT2D eigenvalue weighted by atomic mass is 9.99. The third kappa shape index (κ3) is 76.1. The number of rotatable bonds is 85. The van der Waals surface area contributed by atoms with Crippen LogP contribution in [0, 0.1) is 17.8 Å². The van der Waals surface area contributed by atoms with E-state index in [9.17, 15) is 43.2 Å². The standard InChI is InChI=1S/C87H170O17P2/c1-8-12-13-14-15-16-17-33-40-47-54-61-68-84(89)97-74-82(103-86(91)70-63-56-49-42-35-28-22-19-25-31-38-45-52-59-66-79(6)10-3)76-101-105(93,94)99-72-81(88)73-100-106(95,96)102-77-83(104-87(92)71-64-57-50-43-36-29-23-20-26-32-39-46-53-60-67-80(7)11-4)75-98-85(90)69-62-55-48-41-34-27-21-18-24-30-37-44-51-58-65-78(5)9-2/h78-83,88H,8-77H2,1-7H3,(H,93,94)(H,95,96)/t78?,79?,80?,81-,82+,83+/m0/s1. The first-order valence-corrected chi connectivity index (χ1v) is 48.0. The number of phosphoric ester groups is 2. The van der Waals surface area contributed by atoms with E-state index in [2.05, 4.69) is 48.5 Å². The summed E-state index contributed by atoms with van der Waals surface area (Å²) < 4.78 is 69.0. The third-order valence-electron chi connectivity index (χ3n) is 21.5. The van der Waals surface area contributed by atoms with Gasteiger partial charge in [-0.3, -0.25) is 37.3 Å². The Bertz CT molecular complexity index is 2050. The predicted molar refractivity (Wildman–Crippen MR) is 437 cm³/mol. The molecular weight excluding hydrogens is 1380 g/mol. The molecule has 0 saturated carbocycles. The number of hydrogen-bond donors (Lipinski definition) is 3. The van der Waals surface area contributed by atoms with Crippen molar-refractivity contribution < 1.29 is 80.2 Å². The predicted octanol–water partition coefficient (Wildman–Crippen LogP) is 26.5. The summed E-state index contributed by atoms with van der Waals surface area (Å²) in [6.45, 7) is 12.2. The van der Waals surface area contributed by atoms with Gasteiger partial charge >= 0.3 is 39.5 Å². The van der Waals surface area contributed by atoms with E-state index >= 15 is 0 Å². The molecule has 630 valence electrons. The second-order valence-corrected chi connectivity index (χ2v) is 34.9. The molecule has 0 rings (SSSR count). The average Bonchev–Trinajstić information content (AvgIpc) is 0.901. The number of aliphatic hydroxyl groups is 1. The number of carbonyl (C=O) groups excluding carboxylic acids is 4. The highest BCUT2D eigenvalue weighted by Gasteiger charge is 2.31. The third-order valence-corrected chi connectivity index (χ3v) is 23.4. The van der Waals surface area contributed by atoms with E-state index in [-0.39, 0.29) is 25.7 Å². The molecule has 3 N–H and O–H groups in total. The zero-order valence-electron chi connectivity index (χ0n) is 69.9. The Morgan fingerprint density at radius 1 is 0.264 bits per heavy atom. The van der Waals surface area contributed by atoms with Crippen molar-refractivity contribution in [2.45, 2.75) is 478 Å². The molecule has 0 bridgehead atoms. The number of ether oxygens (including phenoxy) is 4. The molecule has 0 aliphatic rings. The van der Waals surface area contributed by atoms with Gasteiger partial charge in [0.25, 0.3) is 0 Å². The molecule has 0 aromatic rings. The first-order valence-electron chi connectivity index (χ1n) is 45.0. The highest BCUT2D eigenvalue weighted by Crippen LogP contribution is 2.45. The van der Waals surface area contributed by atoms with E-state index in [1.165, 1.54) is 270 Å². The summed E-state index contributed by atoms with van der Waals surface area (Å²) >= 11 is 0. The monoisotopic (exact) mass is 1550 g/mol. The fourth-order valence-electron chi connectivity index (χ4n) is 13.4. The fraction of sp³-hybridized carbons (Fsp3) is 0.954. The van der Waals surface area contributed by atoms with E-state index in [1.54, 1.807) is 0 Å². The molecular formula is C87H170O17P2. The maximum Gasteiger partial charge on any atom is 0.472 e. The zero-order chi connectivity index (χ0) is 77.9. The van der Waals surface area contributed by atoms with Gasteiger partial charge in [-0.25, -0.2) is 9.13 Å². The van der Waals surface area contributed by atoms with Crippen LogP contribution >= 0.6 is 15.6 Å². The number of hydrogen-bond acceptors (Lipinski definition) is 15. The zero-order valence-corrected chi connectivity index (χ0v) is 71.7. The summed E-state index contributed by atoms with van der Waals surface area (Å²) in [4.78, 5) is 73.3. The summed E-state index contributed by atoms with van der Waals surface area (Å²) in [7, 11) is -9.93. The molecule has 5 unspecified atom stereocenters. The van der Waals surface area contributed by atoms with Gasteiger partial charge in [0.1, 0.15) is 19.3 Å². The number of carbonyl (C=O) groups is 4. The van der Waals surface area contributed by atoms with Gasteiger partial charge in [0.15, 0.2) is 12.2 Å². The fourth-order valence-corrected chi connectivity index (χ4v) is 15.0. The van der Waals surface area contributed by atoms with E-state index in [4.69, 9.17) is 37.0 Å². The first kappa shape index (κ1) is 104. The van der Waals surface area contributed by atoms with Gasteiger partial charge in [0.05, 0.1) is 26.4 Å². The van der Waals surface area contributed by atoms with Crippen LogP contribution in [-0.2, 0) is 65.4 Å². The molecule has 17 nitrogen and oxygen atoms in total. The number of aliphatic hydroxyl groups excluding tert-OH is 1. The first-order chi connectivity index (χ1) is 51.3. The van der Waals surface area contributed by atoms with Gasteiger partial charge in [-0.15, -0.1) is 0 Å². The Hall–Kier alpha value is -1.94. The number of unbranched alkanes of at least 4 members (excludes halogenated alkanes) is 50. The van der Waals surface area contributed by atoms with Crippen LogP contribution in [0.4, 0.5) is 0 Å². The molecule has 0 aliphatic heterocycles. The molecule has 0 radical (unpaired) electrons. The van der Waals surface area contributed by atoms with E-state index < -0.39 is 97.5 Å². The minimum atomic E-state index is -4.97. The Morgan fingerprint density at radius 3 is 0.670 bits per heavy atom. The van der Waals surface area contributed by atoms with Crippen molar-refractivity contribution >= 4 is 39.5 Å². The smallest absolute Gasteiger partial charge is 0.462 e. The minimum absolute atomic E-state index is 0.108. The molecule has 8 atom stereocenters.